The predicted molar refractivity (Wildman–Crippen MR) is 99.5 cm³/mol. The van der Waals surface area contributed by atoms with Crippen molar-refractivity contribution in [2.24, 2.45) is 0 Å². The van der Waals surface area contributed by atoms with Gasteiger partial charge in [-0.25, -0.2) is 5.48 Å². The van der Waals surface area contributed by atoms with Gasteiger partial charge in [-0.2, -0.15) is 0 Å². The molecule has 0 saturated carbocycles. The Morgan fingerprint density at radius 2 is 1.96 bits per heavy atom. The molecule has 0 radical (unpaired) electrons. The van der Waals surface area contributed by atoms with Gasteiger partial charge in [-0.15, -0.1) is 0 Å². The summed E-state index contributed by atoms with van der Waals surface area (Å²) in [6, 6.07) is 14.7. The van der Waals surface area contributed by atoms with Crippen LogP contribution in [-0.4, -0.2) is 20.7 Å². The van der Waals surface area contributed by atoms with E-state index in [9.17, 15) is 9.59 Å². The molecule has 26 heavy (non-hydrogen) atoms. The second-order valence-electron chi connectivity index (χ2n) is 6.17. The van der Waals surface area contributed by atoms with E-state index in [2.05, 4.69) is 11.1 Å². The van der Waals surface area contributed by atoms with Gasteiger partial charge in [0.2, 0.25) is 0 Å². The van der Waals surface area contributed by atoms with E-state index >= 15 is 0 Å². The Labute approximate surface area is 148 Å². The van der Waals surface area contributed by atoms with Crippen LogP contribution in [0.4, 0.5) is 0 Å². The molecular weight excluding hydrogens is 330 g/mol. The molecule has 2 heterocycles. The van der Waals surface area contributed by atoms with Crippen molar-refractivity contribution in [1.82, 2.24) is 15.0 Å². The number of hydrogen-bond donors (Lipinski definition) is 3. The van der Waals surface area contributed by atoms with Gasteiger partial charge >= 0.3 is 0 Å². The monoisotopic (exact) mass is 347 g/mol. The third kappa shape index (κ3) is 2.76. The van der Waals surface area contributed by atoms with Gasteiger partial charge in [-0.3, -0.25) is 14.8 Å². The Balaban J connectivity index is 1.67. The van der Waals surface area contributed by atoms with Crippen LogP contribution >= 0.6 is 0 Å². The molecule has 2 aromatic heterocycles. The summed E-state index contributed by atoms with van der Waals surface area (Å²) < 4.78 is 1.64. The molecule has 3 N–H and O–H groups in total. The minimum absolute atomic E-state index is 0.157. The fraction of sp³-hybridized carbons (Fsp3) is 0.100. The number of aryl methyl sites for hydroxylation is 2. The van der Waals surface area contributed by atoms with Gasteiger partial charge in [0.25, 0.3) is 11.5 Å². The lowest BCUT2D eigenvalue weighted by Crippen LogP contribution is -2.22. The lowest BCUT2D eigenvalue weighted by atomic mass is 10.1. The van der Waals surface area contributed by atoms with Gasteiger partial charge in [0.05, 0.1) is 0 Å². The first kappa shape index (κ1) is 16.1. The van der Waals surface area contributed by atoms with Crippen molar-refractivity contribution < 1.29 is 10.0 Å². The average Bonchev–Trinajstić information content (AvgIpc) is 3.10. The molecule has 0 aliphatic heterocycles. The summed E-state index contributed by atoms with van der Waals surface area (Å²) in [5, 5.41) is 11.1. The van der Waals surface area contributed by atoms with E-state index in [1.54, 1.807) is 28.4 Å². The zero-order chi connectivity index (χ0) is 18.1. The van der Waals surface area contributed by atoms with Gasteiger partial charge in [-0.1, -0.05) is 24.3 Å². The predicted octanol–water partition coefficient (Wildman–Crippen LogP) is 2.84. The van der Waals surface area contributed by atoms with E-state index in [0.29, 0.717) is 18.4 Å². The average molecular weight is 347 g/mol. The van der Waals surface area contributed by atoms with E-state index in [1.165, 1.54) is 6.07 Å². The molecule has 0 spiro atoms. The number of hydrogen-bond acceptors (Lipinski definition) is 3. The number of carbonyl (C=O) groups is 1. The maximum atomic E-state index is 12.8. The third-order valence-corrected chi connectivity index (χ3v) is 4.64. The topological polar surface area (TPSA) is 87.1 Å². The number of rotatable bonds is 4. The first-order chi connectivity index (χ1) is 12.7. The number of benzene rings is 2. The highest BCUT2D eigenvalue weighted by molar-refractivity contribution is 5.97. The van der Waals surface area contributed by atoms with Crippen molar-refractivity contribution in [3.8, 4) is 0 Å². The number of pyridine rings is 1. The molecule has 4 aromatic rings. The highest BCUT2D eigenvalue weighted by Gasteiger charge is 2.09. The molecule has 0 fully saturated rings. The fourth-order valence-electron chi connectivity index (χ4n) is 3.24. The minimum Gasteiger partial charge on any atom is -0.361 e. The Kier molecular flexibility index (Phi) is 4.02. The quantitative estimate of drug-likeness (QED) is 0.392. The number of fused-ring (bicyclic) bond motifs is 2. The normalized spacial score (nSPS) is 11.1. The Bertz CT molecular complexity index is 1170. The number of para-hydroxylation sites is 1. The smallest absolute Gasteiger partial charge is 0.274 e. The van der Waals surface area contributed by atoms with E-state index in [4.69, 9.17) is 5.21 Å². The number of nitrogens with zero attached hydrogens (tertiary/aromatic N) is 1. The summed E-state index contributed by atoms with van der Waals surface area (Å²) in [6.07, 6.45) is 4.46. The van der Waals surface area contributed by atoms with Crippen LogP contribution in [0.1, 0.15) is 15.9 Å². The first-order valence-corrected chi connectivity index (χ1v) is 8.30. The van der Waals surface area contributed by atoms with E-state index < -0.39 is 5.91 Å². The van der Waals surface area contributed by atoms with Crippen molar-refractivity contribution >= 4 is 27.6 Å². The molecule has 6 heteroatoms. The standard InChI is InChI=1S/C20H17N3O3/c24-19(22-26)14-6-5-13-7-9-23(20(25)17(13)11-14)10-8-15-12-21-18-4-2-1-3-16(15)18/h1-7,9,11-12,21,26H,8,10H2,(H,22,24). The van der Waals surface area contributed by atoms with Crippen LogP contribution in [0.5, 0.6) is 0 Å². The Morgan fingerprint density at radius 1 is 1.12 bits per heavy atom. The summed E-state index contributed by atoms with van der Waals surface area (Å²) >= 11 is 0. The number of hydroxylamine groups is 1. The maximum absolute atomic E-state index is 12.8. The van der Waals surface area contributed by atoms with Crippen LogP contribution < -0.4 is 11.0 Å². The summed E-state index contributed by atoms with van der Waals surface area (Å²) in [5.41, 5.74) is 3.90. The van der Waals surface area contributed by atoms with Crippen molar-refractivity contribution in [3.63, 3.8) is 0 Å². The van der Waals surface area contributed by atoms with Gasteiger partial charge < -0.3 is 9.55 Å². The molecule has 2 aromatic carbocycles. The van der Waals surface area contributed by atoms with Crippen LogP contribution in [0.15, 0.2) is 65.7 Å². The molecule has 0 saturated heterocycles. The van der Waals surface area contributed by atoms with E-state index in [-0.39, 0.29) is 11.1 Å². The number of aromatic amines is 1. The molecule has 0 aliphatic rings. The largest absolute Gasteiger partial charge is 0.361 e. The third-order valence-electron chi connectivity index (χ3n) is 4.64. The summed E-state index contributed by atoms with van der Waals surface area (Å²) in [4.78, 5) is 27.6. The molecule has 1 amide bonds. The lowest BCUT2D eigenvalue weighted by Gasteiger charge is -2.08. The maximum Gasteiger partial charge on any atom is 0.274 e. The first-order valence-electron chi connectivity index (χ1n) is 8.30. The van der Waals surface area contributed by atoms with Gasteiger partial charge in [0.15, 0.2) is 0 Å². The number of nitrogens with one attached hydrogen (secondary N) is 2. The molecule has 6 nitrogen and oxygen atoms in total. The van der Waals surface area contributed by atoms with Gasteiger partial charge in [0, 0.05) is 40.8 Å². The Morgan fingerprint density at radius 3 is 2.81 bits per heavy atom. The van der Waals surface area contributed by atoms with Crippen molar-refractivity contribution in [3.05, 3.63) is 82.4 Å². The molecule has 4 rings (SSSR count). The molecule has 0 bridgehead atoms. The zero-order valence-corrected chi connectivity index (χ0v) is 13.9. The highest BCUT2D eigenvalue weighted by atomic mass is 16.5. The van der Waals surface area contributed by atoms with E-state index in [0.717, 1.165) is 21.9 Å². The van der Waals surface area contributed by atoms with Crippen LogP contribution in [-0.2, 0) is 13.0 Å². The lowest BCUT2D eigenvalue weighted by molar-refractivity contribution is 0.0706. The highest BCUT2D eigenvalue weighted by Crippen LogP contribution is 2.19. The van der Waals surface area contributed by atoms with Crippen molar-refractivity contribution in [2.75, 3.05) is 0 Å². The SMILES string of the molecule is O=C(NO)c1ccc2ccn(CCc3c[nH]c4ccccc34)c(=O)c2c1. The molecule has 130 valence electrons. The fourth-order valence-corrected chi connectivity index (χ4v) is 3.24. The molecule has 0 unspecified atom stereocenters. The van der Waals surface area contributed by atoms with Crippen LogP contribution in [0.3, 0.4) is 0 Å². The number of carbonyl (C=O) groups excluding carboxylic acids is 1. The molecule has 0 atom stereocenters. The summed E-state index contributed by atoms with van der Waals surface area (Å²) in [6.45, 7) is 0.535. The second-order valence-corrected chi connectivity index (χ2v) is 6.17. The summed E-state index contributed by atoms with van der Waals surface area (Å²) in [5.74, 6) is -0.638. The summed E-state index contributed by atoms with van der Waals surface area (Å²) in [7, 11) is 0. The molecule has 0 aliphatic carbocycles. The number of aromatic nitrogens is 2. The van der Waals surface area contributed by atoms with Crippen molar-refractivity contribution in [2.45, 2.75) is 13.0 Å². The second kappa shape index (κ2) is 6.50. The zero-order valence-electron chi connectivity index (χ0n) is 13.9. The van der Waals surface area contributed by atoms with E-state index in [1.807, 2.05) is 30.5 Å². The molecular formula is C20H17N3O3. The van der Waals surface area contributed by atoms with Crippen molar-refractivity contribution in [1.29, 1.82) is 0 Å². The minimum atomic E-state index is -0.638. The van der Waals surface area contributed by atoms with Gasteiger partial charge in [0.1, 0.15) is 0 Å². The van der Waals surface area contributed by atoms with Crippen LogP contribution in [0, 0.1) is 0 Å². The van der Waals surface area contributed by atoms with Crippen LogP contribution in [0.2, 0.25) is 0 Å². The Hall–Kier alpha value is -3.38. The number of amides is 1. The number of H-pyrrole nitrogens is 1. The van der Waals surface area contributed by atoms with Crippen LogP contribution in [0.25, 0.3) is 21.7 Å². The van der Waals surface area contributed by atoms with Gasteiger partial charge in [-0.05, 0) is 41.6 Å².